The molecule has 2 aromatic rings. The van der Waals surface area contributed by atoms with E-state index < -0.39 is 0 Å². The van der Waals surface area contributed by atoms with Gasteiger partial charge in [0.1, 0.15) is 5.69 Å². The number of carbonyl (C=O) groups is 1. The fourth-order valence-corrected chi connectivity index (χ4v) is 6.82. The van der Waals surface area contributed by atoms with Crippen LogP contribution < -0.4 is 0 Å². The molecule has 6 rings (SSSR count). The van der Waals surface area contributed by atoms with Crippen molar-refractivity contribution in [1.29, 1.82) is 0 Å². The highest BCUT2D eigenvalue weighted by atomic mass is 35.5. The highest BCUT2D eigenvalue weighted by molar-refractivity contribution is 6.35. The van der Waals surface area contributed by atoms with E-state index >= 15 is 0 Å². The van der Waals surface area contributed by atoms with E-state index in [0.29, 0.717) is 22.6 Å². The lowest BCUT2D eigenvalue weighted by molar-refractivity contribution is 0.00134. The molecule has 2 bridgehead atoms. The summed E-state index contributed by atoms with van der Waals surface area (Å²) in [6, 6.07) is 8.75. The van der Waals surface area contributed by atoms with Gasteiger partial charge in [-0.15, -0.1) is 0 Å². The van der Waals surface area contributed by atoms with Gasteiger partial charge in [-0.3, -0.25) is 9.69 Å². The first-order valence-corrected chi connectivity index (χ1v) is 11.6. The second-order valence-electron chi connectivity index (χ2n) is 9.39. The van der Waals surface area contributed by atoms with Gasteiger partial charge in [0.25, 0.3) is 5.91 Å². The Labute approximate surface area is 176 Å². The summed E-state index contributed by atoms with van der Waals surface area (Å²) in [6.45, 7) is 3.25. The van der Waals surface area contributed by atoms with E-state index in [1.807, 2.05) is 24.3 Å². The number of aromatic amines is 1. The lowest BCUT2D eigenvalue weighted by Gasteiger charge is -2.54. The van der Waals surface area contributed by atoms with Crippen molar-refractivity contribution in [2.24, 2.45) is 11.8 Å². The maximum absolute atomic E-state index is 13.6. The van der Waals surface area contributed by atoms with Crippen LogP contribution in [0.3, 0.4) is 0 Å². The van der Waals surface area contributed by atoms with E-state index in [9.17, 15) is 4.79 Å². The predicted octanol–water partition coefficient (Wildman–Crippen LogP) is 4.86. The second-order valence-corrected chi connectivity index (χ2v) is 9.80. The molecule has 5 heteroatoms. The summed E-state index contributed by atoms with van der Waals surface area (Å²) in [6.07, 6.45) is 10.1. The van der Waals surface area contributed by atoms with E-state index in [4.69, 9.17) is 11.6 Å². The lowest BCUT2D eigenvalue weighted by atomic mass is 9.68. The predicted molar refractivity (Wildman–Crippen MR) is 116 cm³/mol. The maximum Gasteiger partial charge on any atom is 0.270 e. The number of benzene rings is 1. The first kappa shape index (κ1) is 18.0. The van der Waals surface area contributed by atoms with Crippen LogP contribution in [0.1, 0.15) is 49.0 Å². The zero-order chi connectivity index (χ0) is 19.5. The molecule has 1 N–H and O–H groups in total. The standard InChI is InChI=1S/C24H28ClN3O/c25-19-6-3-7-20-18(19)13-21(26-20)24(29)28-10-4-5-15-11-16-12-17(23(15)28)14-27-9-2-1-8-22(16)27/h3,6-7,11,13,16-17,22-23,26H,1-2,4-5,8-10,12,14H2/t16-,17-,22+,23+/m0/s1. The number of aromatic nitrogens is 1. The van der Waals surface area contributed by atoms with Gasteiger partial charge in [0, 0.05) is 35.1 Å². The third kappa shape index (κ3) is 2.87. The summed E-state index contributed by atoms with van der Waals surface area (Å²) in [5, 5.41) is 1.63. The number of nitrogens with zero attached hydrogens (tertiary/aromatic N) is 2. The number of H-pyrrole nitrogens is 1. The molecule has 3 aliphatic heterocycles. The molecule has 0 radical (unpaired) electrons. The summed E-state index contributed by atoms with van der Waals surface area (Å²) in [4.78, 5) is 21.8. The number of piperidine rings is 3. The van der Waals surface area contributed by atoms with Crippen molar-refractivity contribution in [1.82, 2.24) is 14.8 Å². The monoisotopic (exact) mass is 409 g/mol. The van der Waals surface area contributed by atoms with Crippen molar-refractivity contribution in [3.05, 3.63) is 46.6 Å². The molecule has 1 amide bonds. The Kier molecular flexibility index (Phi) is 4.28. The number of fused-ring (bicyclic) bond motifs is 7. The molecular formula is C24H28ClN3O. The average Bonchev–Trinajstić information content (AvgIpc) is 3.19. The zero-order valence-corrected chi connectivity index (χ0v) is 17.5. The molecule has 1 aromatic heterocycles. The first-order chi connectivity index (χ1) is 14.2. The summed E-state index contributed by atoms with van der Waals surface area (Å²) in [7, 11) is 0. The van der Waals surface area contributed by atoms with Crippen LogP contribution in [-0.2, 0) is 0 Å². The number of carbonyl (C=O) groups excluding carboxylic acids is 1. The minimum Gasteiger partial charge on any atom is -0.350 e. The topological polar surface area (TPSA) is 39.3 Å². The van der Waals surface area contributed by atoms with Crippen LogP contribution in [0.25, 0.3) is 10.9 Å². The van der Waals surface area contributed by atoms with Gasteiger partial charge in [0.15, 0.2) is 0 Å². The Morgan fingerprint density at radius 3 is 3.00 bits per heavy atom. The van der Waals surface area contributed by atoms with Gasteiger partial charge in [-0.05, 0) is 68.7 Å². The molecule has 3 fully saturated rings. The van der Waals surface area contributed by atoms with Crippen molar-refractivity contribution in [2.45, 2.75) is 50.6 Å². The van der Waals surface area contributed by atoms with Crippen molar-refractivity contribution >= 4 is 28.4 Å². The fourth-order valence-electron chi connectivity index (χ4n) is 6.59. The Bertz CT molecular complexity index is 995. The van der Waals surface area contributed by atoms with E-state index in [1.165, 1.54) is 37.8 Å². The summed E-state index contributed by atoms with van der Waals surface area (Å²) in [5.41, 5.74) is 3.14. The van der Waals surface area contributed by atoms with Crippen LogP contribution in [0.5, 0.6) is 0 Å². The molecule has 4 nitrogen and oxygen atoms in total. The molecule has 1 aromatic carbocycles. The molecule has 29 heavy (non-hydrogen) atoms. The number of nitrogens with one attached hydrogen (secondary N) is 1. The van der Waals surface area contributed by atoms with Gasteiger partial charge in [0.05, 0.1) is 6.04 Å². The largest absolute Gasteiger partial charge is 0.350 e. The highest BCUT2D eigenvalue weighted by Crippen LogP contribution is 2.45. The van der Waals surface area contributed by atoms with Crippen LogP contribution >= 0.6 is 11.6 Å². The van der Waals surface area contributed by atoms with Crippen LogP contribution in [0, 0.1) is 11.8 Å². The van der Waals surface area contributed by atoms with E-state index in [1.54, 1.807) is 0 Å². The molecule has 1 aliphatic carbocycles. The molecule has 3 saturated heterocycles. The van der Waals surface area contributed by atoms with Crippen LogP contribution in [-0.4, -0.2) is 52.4 Å². The quantitative estimate of drug-likeness (QED) is 0.683. The zero-order valence-electron chi connectivity index (χ0n) is 16.7. The van der Waals surface area contributed by atoms with Gasteiger partial charge in [-0.2, -0.15) is 0 Å². The molecule has 4 atom stereocenters. The number of likely N-dealkylation sites (tertiary alicyclic amines) is 1. The van der Waals surface area contributed by atoms with E-state index in [-0.39, 0.29) is 11.9 Å². The lowest BCUT2D eigenvalue weighted by Crippen LogP contribution is -2.60. The molecule has 4 aliphatic rings. The average molecular weight is 410 g/mol. The Balaban J connectivity index is 1.34. The molecule has 0 spiro atoms. The summed E-state index contributed by atoms with van der Waals surface area (Å²) >= 11 is 6.35. The van der Waals surface area contributed by atoms with E-state index in [0.717, 1.165) is 42.9 Å². The Hall–Kier alpha value is -1.78. The smallest absolute Gasteiger partial charge is 0.270 e. The number of hydrogen-bond donors (Lipinski definition) is 1. The van der Waals surface area contributed by atoms with Crippen LogP contribution in [0.4, 0.5) is 0 Å². The Morgan fingerprint density at radius 1 is 1.17 bits per heavy atom. The number of rotatable bonds is 1. The van der Waals surface area contributed by atoms with Crippen LogP contribution in [0.2, 0.25) is 5.02 Å². The third-order valence-electron chi connectivity index (χ3n) is 7.76. The van der Waals surface area contributed by atoms with Crippen molar-refractivity contribution < 1.29 is 4.79 Å². The fraction of sp³-hybridized carbons (Fsp3) is 0.542. The van der Waals surface area contributed by atoms with E-state index in [2.05, 4.69) is 20.9 Å². The molecule has 0 unspecified atom stereocenters. The Morgan fingerprint density at radius 2 is 2.10 bits per heavy atom. The number of halogens is 1. The van der Waals surface area contributed by atoms with Gasteiger partial charge in [0.2, 0.25) is 0 Å². The van der Waals surface area contributed by atoms with Gasteiger partial charge in [-0.25, -0.2) is 0 Å². The van der Waals surface area contributed by atoms with Crippen molar-refractivity contribution in [3.63, 3.8) is 0 Å². The summed E-state index contributed by atoms with van der Waals surface area (Å²) in [5.74, 6) is 1.40. The maximum atomic E-state index is 13.6. The summed E-state index contributed by atoms with van der Waals surface area (Å²) < 4.78 is 0. The third-order valence-corrected chi connectivity index (χ3v) is 8.09. The van der Waals surface area contributed by atoms with Crippen LogP contribution in [0.15, 0.2) is 35.9 Å². The molecule has 0 saturated carbocycles. The normalized spacial score (nSPS) is 31.9. The second kappa shape index (κ2) is 6.88. The minimum atomic E-state index is 0.132. The SMILES string of the molecule is O=C(c1cc2c(Cl)cccc2[nH]1)N1CCCC2=C[C@H]3C[C@@H](CN4CCCC[C@H]34)[C@@H]21. The number of hydrogen-bond acceptors (Lipinski definition) is 2. The van der Waals surface area contributed by atoms with Crippen molar-refractivity contribution in [3.8, 4) is 0 Å². The van der Waals surface area contributed by atoms with Gasteiger partial charge in [-0.1, -0.05) is 35.7 Å². The molecule has 152 valence electrons. The molecule has 4 heterocycles. The van der Waals surface area contributed by atoms with Crippen molar-refractivity contribution in [2.75, 3.05) is 19.6 Å². The minimum absolute atomic E-state index is 0.132. The first-order valence-electron chi connectivity index (χ1n) is 11.2. The number of amides is 1. The highest BCUT2D eigenvalue weighted by Gasteiger charge is 2.47. The van der Waals surface area contributed by atoms with Gasteiger partial charge < -0.3 is 9.88 Å². The van der Waals surface area contributed by atoms with Gasteiger partial charge >= 0.3 is 0 Å². The molecular weight excluding hydrogens is 382 g/mol.